The van der Waals surface area contributed by atoms with Gasteiger partial charge in [0, 0.05) is 50.5 Å². The van der Waals surface area contributed by atoms with Gasteiger partial charge in [0.15, 0.2) is 11.4 Å². The number of rotatable bonds is 3. The van der Waals surface area contributed by atoms with Crippen LogP contribution in [0.15, 0.2) is 109 Å². The highest BCUT2D eigenvalue weighted by Crippen LogP contribution is 2.43. The van der Waals surface area contributed by atoms with Crippen LogP contribution in [0.1, 0.15) is 16.7 Å². The molecule has 3 aromatic heterocycles. The molecule has 0 spiro atoms. The molecule has 0 saturated heterocycles. The lowest BCUT2D eigenvalue weighted by molar-refractivity contribution is 1.13. The fraction of sp³-hybridized carbons (Fsp3) is 0. The fourth-order valence-electron chi connectivity index (χ4n) is 6.65. The van der Waals surface area contributed by atoms with Crippen LogP contribution in [0, 0.1) is 47.1 Å². The Labute approximate surface area is 274 Å². The second-order valence-electron chi connectivity index (χ2n) is 11.2. The third-order valence-corrected chi connectivity index (χ3v) is 8.70. The van der Waals surface area contributed by atoms with Gasteiger partial charge in [-0.15, -0.1) is 0 Å². The smallest absolute Gasteiger partial charge is 0.189 e. The summed E-state index contributed by atoms with van der Waals surface area (Å²) in [5.74, 6) is 0. The Morgan fingerprint density at radius 1 is 0.500 bits per heavy atom. The van der Waals surface area contributed by atoms with Crippen molar-refractivity contribution in [3.05, 3.63) is 149 Å². The first-order chi connectivity index (χ1) is 23.6. The van der Waals surface area contributed by atoms with Gasteiger partial charge < -0.3 is 9.13 Å². The Kier molecular flexibility index (Phi) is 6.22. The summed E-state index contributed by atoms with van der Waals surface area (Å²) < 4.78 is 4.03. The summed E-state index contributed by atoms with van der Waals surface area (Å²) in [6, 6.07) is 36.3. The molecule has 3 heterocycles. The molecular formula is C40H18N8. The number of aromatic nitrogens is 3. The zero-order valence-electron chi connectivity index (χ0n) is 25.0. The van der Waals surface area contributed by atoms with Crippen molar-refractivity contribution < 1.29 is 0 Å². The van der Waals surface area contributed by atoms with Crippen molar-refractivity contribution in [1.29, 1.82) is 15.8 Å². The van der Waals surface area contributed by atoms with E-state index in [4.69, 9.17) is 13.1 Å². The second-order valence-corrected chi connectivity index (χ2v) is 11.2. The molecule has 8 heteroatoms. The number of benzene rings is 5. The fourth-order valence-corrected chi connectivity index (χ4v) is 6.65. The van der Waals surface area contributed by atoms with Crippen LogP contribution in [0.5, 0.6) is 0 Å². The Morgan fingerprint density at radius 2 is 0.917 bits per heavy atom. The Balaban J connectivity index is 1.63. The van der Waals surface area contributed by atoms with Gasteiger partial charge in [-0.05, 0) is 66.2 Å². The molecule has 0 aliphatic heterocycles. The third-order valence-electron chi connectivity index (χ3n) is 8.70. The summed E-state index contributed by atoms with van der Waals surface area (Å²) in [5.41, 5.74) is 8.05. The molecular weight excluding hydrogens is 592 g/mol. The zero-order valence-corrected chi connectivity index (χ0v) is 25.0. The number of hydrogen-bond donors (Lipinski definition) is 0. The van der Waals surface area contributed by atoms with Crippen LogP contribution in [0.2, 0.25) is 0 Å². The Hall–Kier alpha value is -7.70. The summed E-state index contributed by atoms with van der Waals surface area (Å²) in [6.45, 7) is 15.5. The predicted molar refractivity (Wildman–Crippen MR) is 185 cm³/mol. The molecule has 0 radical (unpaired) electrons. The summed E-state index contributed by atoms with van der Waals surface area (Å²) in [7, 11) is 0. The molecule has 0 bridgehead atoms. The minimum absolute atomic E-state index is 0.373. The lowest BCUT2D eigenvalue weighted by atomic mass is 9.98. The monoisotopic (exact) mass is 610 g/mol. The molecule has 0 amide bonds. The molecule has 0 fully saturated rings. The van der Waals surface area contributed by atoms with Crippen molar-refractivity contribution in [3.63, 3.8) is 0 Å². The Morgan fingerprint density at radius 3 is 1.33 bits per heavy atom. The van der Waals surface area contributed by atoms with Gasteiger partial charge in [-0.25, -0.2) is 9.69 Å². The number of nitriles is 3. The molecule has 48 heavy (non-hydrogen) atoms. The quantitative estimate of drug-likeness (QED) is 0.186. The first-order valence-corrected chi connectivity index (χ1v) is 14.8. The molecule has 8 aromatic rings. The number of fused-ring (bicyclic) bond motifs is 6. The first kappa shape index (κ1) is 27.8. The minimum Gasteiger partial charge on any atom is -0.310 e. The van der Waals surface area contributed by atoms with E-state index in [-0.39, 0.29) is 0 Å². The Bertz CT molecular complexity index is 2580. The van der Waals surface area contributed by atoms with E-state index in [0.29, 0.717) is 39.4 Å². The molecule has 8 nitrogen and oxygen atoms in total. The standard InChI is InChI=1S/C40H18N8/c1-44-28-5-9-32-30-7-3-24(21-41)15-34(30)47(36(32)19-28)38-17-26(23-43)18-39(40(38)27-11-13-46-14-12-27)48-35-16-25(22-42)4-8-31(35)33-10-6-29(45-2)20-37(33)48/h3-20H. The highest BCUT2D eigenvalue weighted by molar-refractivity contribution is 6.13. The van der Waals surface area contributed by atoms with Crippen molar-refractivity contribution in [1.82, 2.24) is 14.1 Å². The van der Waals surface area contributed by atoms with Crippen molar-refractivity contribution in [2.75, 3.05) is 0 Å². The molecule has 0 atom stereocenters. The van der Waals surface area contributed by atoms with E-state index in [1.54, 1.807) is 36.7 Å². The molecule has 0 unspecified atom stereocenters. The van der Waals surface area contributed by atoms with Crippen molar-refractivity contribution >= 4 is 55.0 Å². The molecule has 0 saturated carbocycles. The number of nitrogens with zero attached hydrogens (tertiary/aromatic N) is 8. The van der Waals surface area contributed by atoms with Gasteiger partial charge in [-0.1, -0.05) is 36.4 Å². The van der Waals surface area contributed by atoms with E-state index in [2.05, 4.69) is 32.9 Å². The largest absolute Gasteiger partial charge is 0.310 e. The van der Waals surface area contributed by atoms with Crippen LogP contribution in [-0.2, 0) is 0 Å². The van der Waals surface area contributed by atoms with Gasteiger partial charge in [0.2, 0.25) is 0 Å². The van der Waals surface area contributed by atoms with Crippen LogP contribution in [0.3, 0.4) is 0 Å². The molecule has 218 valence electrons. The van der Waals surface area contributed by atoms with E-state index in [1.165, 1.54) is 0 Å². The van der Waals surface area contributed by atoms with Crippen LogP contribution in [0.4, 0.5) is 11.4 Å². The lowest BCUT2D eigenvalue weighted by Crippen LogP contribution is -2.05. The van der Waals surface area contributed by atoms with Crippen LogP contribution in [0.25, 0.3) is 75.8 Å². The second kappa shape index (κ2) is 10.7. The topological polar surface area (TPSA) is 103 Å². The van der Waals surface area contributed by atoms with E-state index >= 15 is 0 Å². The summed E-state index contributed by atoms with van der Waals surface area (Å²) in [5, 5.41) is 33.8. The molecule has 8 rings (SSSR count). The highest BCUT2D eigenvalue weighted by atomic mass is 15.0. The van der Waals surface area contributed by atoms with Crippen LogP contribution in [-0.4, -0.2) is 14.1 Å². The van der Waals surface area contributed by atoms with Gasteiger partial charge >= 0.3 is 0 Å². The van der Waals surface area contributed by atoms with Gasteiger partial charge in [0.05, 0.1) is 70.5 Å². The average Bonchev–Trinajstić information content (AvgIpc) is 3.64. The predicted octanol–water partition coefficient (Wildman–Crippen LogP) is 9.66. The van der Waals surface area contributed by atoms with E-state index in [1.807, 2.05) is 81.9 Å². The van der Waals surface area contributed by atoms with Gasteiger partial charge in [-0.3, -0.25) is 4.98 Å². The summed E-state index contributed by atoms with van der Waals surface area (Å²) >= 11 is 0. The van der Waals surface area contributed by atoms with Crippen molar-refractivity contribution in [3.8, 4) is 40.7 Å². The average molecular weight is 611 g/mol. The number of hydrogen-bond acceptors (Lipinski definition) is 4. The SMILES string of the molecule is [C-]#[N+]c1ccc2c3ccc(C#N)cc3n(-c3cc(C#N)cc(-n4c5cc(C#N)ccc5c5ccc([N+]#[C-])cc54)c3-c3ccncc3)c2c1. The van der Waals surface area contributed by atoms with Crippen molar-refractivity contribution in [2.45, 2.75) is 0 Å². The highest BCUT2D eigenvalue weighted by Gasteiger charge is 2.24. The normalized spacial score (nSPS) is 10.8. The third kappa shape index (κ3) is 4.08. The molecule has 0 aliphatic rings. The van der Waals surface area contributed by atoms with Crippen molar-refractivity contribution in [2.24, 2.45) is 0 Å². The number of pyridine rings is 1. The first-order valence-electron chi connectivity index (χ1n) is 14.8. The lowest BCUT2D eigenvalue weighted by Gasteiger charge is -2.21. The van der Waals surface area contributed by atoms with Crippen LogP contribution < -0.4 is 0 Å². The maximum atomic E-state index is 10.5. The summed E-state index contributed by atoms with van der Waals surface area (Å²) in [6.07, 6.45) is 3.41. The molecule has 0 N–H and O–H groups in total. The zero-order chi connectivity index (χ0) is 32.9. The maximum absolute atomic E-state index is 10.5. The van der Waals surface area contributed by atoms with Gasteiger partial charge in [0.25, 0.3) is 0 Å². The van der Waals surface area contributed by atoms with Gasteiger partial charge in [-0.2, -0.15) is 15.8 Å². The summed E-state index contributed by atoms with van der Waals surface area (Å²) in [4.78, 5) is 11.7. The van der Waals surface area contributed by atoms with Crippen LogP contribution >= 0.6 is 0 Å². The molecule has 0 aliphatic carbocycles. The van der Waals surface area contributed by atoms with E-state index in [0.717, 1.165) is 54.7 Å². The minimum atomic E-state index is 0.373. The van der Waals surface area contributed by atoms with E-state index in [9.17, 15) is 15.8 Å². The van der Waals surface area contributed by atoms with Gasteiger partial charge in [0.1, 0.15) is 0 Å². The van der Waals surface area contributed by atoms with E-state index < -0.39 is 0 Å². The maximum Gasteiger partial charge on any atom is 0.189 e. The molecule has 5 aromatic carbocycles.